The summed E-state index contributed by atoms with van der Waals surface area (Å²) in [5.41, 5.74) is -0.568. The van der Waals surface area contributed by atoms with Crippen molar-refractivity contribution in [3.63, 3.8) is 0 Å². The summed E-state index contributed by atoms with van der Waals surface area (Å²) in [4.78, 5) is 23.5. The lowest BCUT2D eigenvalue weighted by Crippen LogP contribution is -2.46. The third-order valence-electron chi connectivity index (χ3n) is 2.60. The summed E-state index contributed by atoms with van der Waals surface area (Å²) in [6.45, 7) is 5.53. The molecular formula is C13H23NO4. The van der Waals surface area contributed by atoms with E-state index in [9.17, 15) is 9.59 Å². The number of Topliss-reactive ketones (excluding diaryl/α,β-unsaturated/α-hetero) is 1. The van der Waals surface area contributed by atoms with E-state index in [-0.39, 0.29) is 12.4 Å². The van der Waals surface area contributed by atoms with Crippen LogP contribution in [0.3, 0.4) is 0 Å². The van der Waals surface area contributed by atoms with Gasteiger partial charge < -0.3 is 14.8 Å². The third-order valence-corrected chi connectivity index (χ3v) is 2.60. The summed E-state index contributed by atoms with van der Waals surface area (Å²) in [6, 6.07) is -0.606. The number of carbonyl (C=O) groups excluding carboxylic acids is 2. The van der Waals surface area contributed by atoms with E-state index in [1.807, 2.05) is 0 Å². The van der Waals surface area contributed by atoms with Gasteiger partial charge in [0.25, 0.3) is 0 Å². The maximum absolute atomic E-state index is 11.9. The van der Waals surface area contributed by atoms with Crippen molar-refractivity contribution in [2.75, 3.05) is 13.7 Å². The molecular weight excluding hydrogens is 234 g/mol. The van der Waals surface area contributed by atoms with E-state index in [1.165, 1.54) is 7.11 Å². The molecule has 1 N–H and O–H groups in total. The van der Waals surface area contributed by atoms with E-state index in [2.05, 4.69) is 5.32 Å². The minimum atomic E-state index is -0.606. The number of hydrogen-bond acceptors (Lipinski definition) is 4. The fourth-order valence-corrected chi connectivity index (χ4v) is 1.58. The van der Waals surface area contributed by atoms with Gasteiger partial charge in [-0.2, -0.15) is 0 Å². The van der Waals surface area contributed by atoms with Gasteiger partial charge in [-0.3, -0.25) is 4.79 Å². The van der Waals surface area contributed by atoms with Gasteiger partial charge in [-0.15, -0.1) is 0 Å². The fraction of sp³-hybridized carbons (Fsp3) is 0.846. The van der Waals surface area contributed by atoms with Crippen LogP contribution in [-0.4, -0.2) is 37.2 Å². The van der Waals surface area contributed by atoms with Gasteiger partial charge in [-0.05, 0) is 39.5 Å². The van der Waals surface area contributed by atoms with Crippen LogP contribution in [0.5, 0.6) is 0 Å². The molecule has 0 spiro atoms. The first kappa shape index (κ1) is 15.0. The van der Waals surface area contributed by atoms with Crippen LogP contribution in [0.15, 0.2) is 0 Å². The Balaban J connectivity index is 2.45. The van der Waals surface area contributed by atoms with Gasteiger partial charge in [0.2, 0.25) is 0 Å². The van der Waals surface area contributed by atoms with Crippen molar-refractivity contribution in [1.29, 1.82) is 0 Å². The summed E-state index contributed by atoms with van der Waals surface area (Å²) < 4.78 is 10.1. The van der Waals surface area contributed by atoms with E-state index in [0.717, 1.165) is 12.8 Å². The van der Waals surface area contributed by atoms with E-state index >= 15 is 0 Å². The molecule has 0 heterocycles. The molecule has 5 nitrogen and oxygen atoms in total. The first-order valence-corrected chi connectivity index (χ1v) is 6.33. The highest BCUT2D eigenvalue weighted by atomic mass is 16.6. The number of methoxy groups -OCH3 is 1. The standard InChI is InChI=1S/C13H23NO4/c1-13(2,3)18-12(16)14-10(8-17-4)11(15)7-9-5-6-9/h9-10H,5-8H2,1-4H3,(H,14,16). The van der Waals surface area contributed by atoms with Crippen molar-refractivity contribution in [2.45, 2.75) is 51.7 Å². The van der Waals surface area contributed by atoms with Gasteiger partial charge in [0.15, 0.2) is 5.78 Å². The zero-order valence-corrected chi connectivity index (χ0v) is 11.6. The van der Waals surface area contributed by atoms with E-state index in [4.69, 9.17) is 9.47 Å². The Hall–Kier alpha value is -1.10. The van der Waals surface area contributed by atoms with Crippen LogP contribution in [0.4, 0.5) is 4.79 Å². The number of amides is 1. The van der Waals surface area contributed by atoms with Crippen LogP contribution in [0.2, 0.25) is 0 Å². The topological polar surface area (TPSA) is 64.6 Å². The summed E-state index contributed by atoms with van der Waals surface area (Å²) in [5, 5.41) is 2.57. The fourth-order valence-electron chi connectivity index (χ4n) is 1.58. The number of nitrogens with one attached hydrogen (secondary N) is 1. The van der Waals surface area contributed by atoms with Gasteiger partial charge in [0.05, 0.1) is 6.61 Å². The lowest BCUT2D eigenvalue weighted by Gasteiger charge is -2.22. The second-order valence-electron chi connectivity index (χ2n) is 5.77. The molecule has 0 saturated heterocycles. The Morgan fingerprint density at radius 3 is 2.39 bits per heavy atom. The molecule has 0 radical (unpaired) electrons. The van der Waals surface area contributed by atoms with Crippen LogP contribution >= 0.6 is 0 Å². The molecule has 1 unspecified atom stereocenters. The lowest BCUT2D eigenvalue weighted by molar-refractivity contribution is -0.122. The molecule has 0 aromatic heterocycles. The maximum Gasteiger partial charge on any atom is 0.408 e. The molecule has 0 aromatic carbocycles. The van der Waals surface area contributed by atoms with Crippen LogP contribution in [0, 0.1) is 5.92 Å². The van der Waals surface area contributed by atoms with Crippen LogP contribution in [-0.2, 0) is 14.3 Å². The van der Waals surface area contributed by atoms with E-state index < -0.39 is 17.7 Å². The SMILES string of the molecule is COCC(NC(=O)OC(C)(C)C)C(=O)CC1CC1. The molecule has 0 bridgehead atoms. The van der Waals surface area contributed by atoms with Crippen LogP contribution < -0.4 is 5.32 Å². The molecule has 104 valence electrons. The Kier molecular flexibility index (Phi) is 5.14. The molecule has 1 saturated carbocycles. The number of ketones is 1. The summed E-state index contributed by atoms with van der Waals surface area (Å²) >= 11 is 0. The number of rotatable bonds is 6. The molecule has 1 aliphatic rings. The van der Waals surface area contributed by atoms with Crippen molar-refractivity contribution in [3.8, 4) is 0 Å². The minimum absolute atomic E-state index is 0.0187. The zero-order valence-electron chi connectivity index (χ0n) is 11.6. The molecule has 1 amide bonds. The predicted octanol–water partition coefficient (Wildman–Crippen LogP) is 1.90. The molecule has 18 heavy (non-hydrogen) atoms. The molecule has 5 heteroatoms. The lowest BCUT2D eigenvalue weighted by atomic mass is 10.1. The Morgan fingerprint density at radius 2 is 1.94 bits per heavy atom. The van der Waals surface area contributed by atoms with Gasteiger partial charge in [0, 0.05) is 13.5 Å². The first-order valence-electron chi connectivity index (χ1n) is 6.33. The minimum Gasteiger partial charge on any atom is -0.444 e. The Morgan fingerprint density at radius 1 is 1.33 bits per heavy atom. The monoisotopic (exact) mass is 257 g/mol. The van der Waals surface area contributed by atoms with Crippen molar-refractivity contribution in [2.24, 2.45) is 5.92 Å². The number of carbonyl (C=O) groups is 2. The van der Waals surface area contributed by atoms with E-state index in [0.29, 0.717) is 12.3 Å². The average molecular weight is 257 g/mol. The second kappa shape index (κ2) is 6.18. The zero-order chi connectivity index (χ0) is 13.8. The smallest absolute Gasteiger partial charge is 0.408 e. The second-order valence-corrected chi connectivity index (χ2v) is 5.77. The molecule has 1 rings (SSSR count). The average Bonchev–Trinajstić information content (AvgIpc) is 2.98. The molecule has 1 atom stereocenters. The van der Waals surface area contributed by atoms with Crippen molar-refractivity contribution >= 4 is 11.9 Å². The van der Waals surface area contributed by atoms with Gasteiger partial charge in [0.1, 0.15) is 11.6 Å². The van der Waals surface area contributed by atoms with Crippen molar-refractivity contribution in [1.82, 2.24) is 5.32 Å². The molecule has 1 fully saturated rings. The first-order chi connectivity index (χ1) is 8.31. The van der Waals surface area contributed by atoms with Crippen molar-refractivity contribution in [3.05, 3.63) is 0 Å². The van der Waals surface area contributed by atoms with Gasteiger partial charge in [-0.1, -0.05) is 0 Å². The van der Waals surface area contributed by atoms with Crippen molar-refractivity contribution < 1.29 is 19.1 Å². The number of ether oxygens (including phenoxy) is 2. The molecule has 0 aliphatic heterocycles. The number of hydrogen-bond donors (Lipinski definition) is 1. The van der Waals surface area contributed by atoms with E-state index in [1.54, 1.807) is 20.8 Å². The third kappa shape index (κ3) is 6.00. The summed E-state index contributed by atoms with van der Waals surface area (Å²) in [7, 11) is 1.51. The van der Waals surface area contributed by atoms with Gasteiger partial charge in [-0.25, -0.2) is 4.79 Å². The Bertz CT molecular complexity index is 305. The highest BCUT2D eigenvalue weighted by Gasteiger charge is 2.30. The quantitative estimate of drug-likeness (QED) is 0.789. The largest absolute Gasteiger partial charge is 0.444 e. The summed E-state index contributed by atoms with van der Waals surface area (Å²) in [6.07, 6.45) is 2.16. The highest BCUT2D eigenvalue weighted by molar-refractivity contribution is 5.87. The van der Waals surface area contributed by atoms with Gasteiger partial charge >= 0.3 is 6.09 Å². The number of alkyl carbamates (subject to hydrolysis) is 1. The Labute approximate surface area is 108 Å². The molecule has 1 aliphatic carbocycles. The predicted molar refractivity (Wildman–Crippen MR) is 67.4 cm³/mol. The maximum atomic E-state index is 11.9. The highest BCUT2D eigenvalue weighted by Crippen LogP contribution is 2.32. The summed E-state index contributed by atoms with van der Waals surface area (Å²) in [5.74, 6) is 0.516. The molecule has 0 aromatic rings. The normalized spacial score (nSPS) is 17.1. The van der Waals surface area contributed by atoms with Crippen LogP contribution in [0.25, 0.3) is 0 Å². The van der Waals surface area contributed by atoms with Crippen LogP contribution in [0.1, 0.15) is 40.0 Å².